The van der Waals surface area contributed by atoms with Crippen LogP contribution in [-0.2, 0) is 4.79 Å². The van der Waals surface area contributed by atoms with E-state index in [4.69, 9.17) is 9.47 Å². The van der Waals surface area contributed by atoms with Crippen molar-refractivity contribution in [3.8, 4) is 11.5 Å². The third kappa shape index (κ3) is 3.83. The monoisotopic (exact) mass is 341 g/mol. The molecule has 2 fully saturated rings. The van der Waals surface area contributed by atoms with E-state index in [2.05, 4.69) is 0 Å². The van der Waals surface area contributed by atoms with Crippen LogP contribution >= 0.6 is 0 Å². The molecule has 1 saturated heterocycles. The van der Waals surface area contributed by atoms with Gasteiger partial charge in [0.25, 0.3) is 0 Å². The second-order valence-corrected chi connectivity index (χ2v) is 7.47. The van der Waals surface area contributed by atoms with Gasteiger partial charge in [-0.25, -0.2) is 0 Å². The van der Waals surface area contributed by atoms with E-state index in [0.29, 0.717) is 13.2 Å². The molecule has 2 unspecified atom stereocenters. The highest BCUT2D eigenvalue weighted by Crippen LogP contribution is 2.36. The van der Waals surface area contributed by atoms with E-state index >= 15 is 0 Å². The SMILES string of the molecule is O=C(/C=C/c1ccc2c(c1)OCCCO2)N1CCC2CCCCC2C1. The van der Waals surface area contributed by atoms with Gasteiger partial charge in [0.05, 0.1) is 13.2 Å². The third-order valence-corrected chi connectivity index (χ3v) is 5.79. The van der Waals surface area contributed by atoms with Gasteiger partial charge in [-0.2, -0.15) is 0 Å². The predicted molar refractivity (Wildman–Crippen MR) is 97.7 cm³/mol. The summed E-state index contributed by atoms with van der Waals surface area (Å²) >= 11 is 0. The fourth-order valence-electron chi connectivity index (χ4n) is 4.36. The second-order valence-electron chi connectivity index (χ2n) is 7.47. The van der Waals surface area contributed by atoms with Gasteiger partial charge in [-0.15, -0.1) is 0 Å². The first-order valence-corrected chi connectivity index (χ1v) is 9.66. The Morgan fingerprint density at radius 1 is 1.00 bits per heavy atom. The maximum absolute atomic E-state index is 12.6. The highest BCUT2D eigenvalue weighted by atomic mass is 16.5. The number of fused-ring (bicyclic) bond motifs is 2. The summed E-state index contributed by atoms with van der Waals surface area (Å²) < 4.78 is 11.4. The van der Waals surface area contributed by atoms with E-state index in [1.54, 1.807) is 6.08 Å². The molecule has 0 radical (unpaired) electrons. The molecule has 4 nitrogen and oxygen atoms in total. The Bertz CT molecular complexity index is 655. The lowest BCUT2D eigenvalue weighted by atomic mass is 9.75. The zero-order valence-corrected chi connectivity index (χ0v) is 14.8. The number of hydrogen-bond donors (Lipinski definition) is 0. The molecule has 134 valence electrons. The van der Waals surface area contributed by atoms with Crippen LogP contribution in [0.25, 0.3) is 6.08 Å². The van der Waals surface area contributed by atoms with Crippen molar-refractivity contribution in [2.75, 3.05) is 26.3 Å². The van der Waals surface area contributed by atoms with Crippen LogP contribution in [0.2, 0.25) is 0 Å². The number of hydrogen-bond acceptors (Lipinski definition) is 3. The summed E-state index contributed by atoms with van der Waals surface area (Å²) in [5, 5.41) is 0. The van der Waals surface area contributed by atoms with Crippen LogP contribution in [0.15, 0.2) is 24.3 Å². The average Bonchev–Trinajstić information content (AvgIpc) is 2.90. The number of carbonyl (C=O) groups is 1. The second kappa shape index (κ2) is 7.51. The van der Waals surface area contributed by atoms with Crippen molar-refractivity contribution in [1.29, 1.82) is 0 Å². The Labute approximate surface area is 149 Å². The average molecular weight is 341 g/mol. The summed E-state index contributed by atoms with van der Waals surface area (Å²) in [4.78, 5) is 14.6. The Hall–Kier alpha value is -1.97. The minimum absolute atomic E-state index is 0.135. The molecule has 4 heteroatoms. The highest BCUT2D eigenvalue weighted by Gasteiger charge is 2.32. The highest BCUT2D eigenvalue weighted by molar-refractivity contribution is 5.92. The molecule has 0 N–H and O–H groups in total. The molecule has 0 aromatic heterocycles. The van der Waals surface area contributed by atoms with Gasteiger partial charge >= 0.3 is 0 Å². The number of piperidine rings is 1. The lowest BCUT2D eigenvalue weighted by Crippen LogP contribution is -2.44. The summed E-state index contributed by atoms with van der Waals surface area (Å²) in [7, 11) is 0. The predicted octanol–water partition coefficient (Wildman–Crippen LogP) is 3.90. The topological polar surface area (TPSA) is 38.8 Å². The number of benzene rings is 1. The Morgan fingerprint density at radius 2 is 1.80 bits per heavy atom. The minimum atomic E-state index is 0.135. The van der Waals surface area contributed by atoms with Crippen LogP contribution in [0, 0.1) is 11.8 Å². The molecule has 1 amide bonds. The van der Waals surface area contributed by atoms with E-state index in [9.17, 15) is 4.79 Å². The van der Waals surface area contributed by atoms with Crippen molar-refractivity contribution in [3.05, 3.63) is 29.8 Å². The number of nitrogens with zero attached hydrogens (tertiary/aromatic N) is 1. The molecule has 1 aromatic carbocycles. The van der Waals surface area contributed by atoms with Crippen LogP contribution in [0.4, 0.5) is 0 Å². The molecule has 1 aliphatic carbocycles. The Balaban J connectivity index is 1.39. The summed E-state index contributed by atoms with van der Waals surface area (Å²) in [5.74, 6) is 3.27. The Kier molecular flexibility index (Phi) is 4.95. The van der Waals surface area contributed by atoms with Crippen LogP contribution < -0.4 is 9.47 Å². The third-order valence-electron chi connectivity index (χ3n) is 5.79. The summed E-state index contributed by atoms with van der Waals surface area (Å²) in [5.41, 5.74) is 0.977. The van der Waals surface area contributed by atoms with E-state index in [-0.39, 0.29) is 5.91 Å². The molecule has 1 aromatic rings. The van der Waals surface area contributed by atoms with Gasteiger partial charge in [0.2, 0.25) is 5.91 Å². The van der Waals surface area contributed by atoms with Crippen LogP contribution in [0.1, 0.15) is 44.1 Å². The molecule has 4 rings (SSSR count). The van der Waals surface area contributed by atoms with E-state index in [1.165, 1.54) is 32.1 Å². The fraction of sp³-hybridized carbons (Fsp3) is 0.571. The van der Waals surface area contributed by atoms with Crippen molar-refractivity contribution in [3.63, 3.8) is 0 Å². The maximum atomic E-state index is 12.6. The summed E-state index contributed by atoms with van der Waals surface area (Å²) in [6, 6.07) is 5.86. The van der Waals surface area contributed by atoms with Crippen molar-refractivity contribution in [1.82, 2.24) is 4.90 Å². The quantitative estimate of drug-likeness (QED) is 0.766. The number of carbonyl (C=O) groups excluding carboxylic acids is 1. The van der Waals surface area contributed by atoms with Crippen molar-refractivity contribution < 1.29 is 14.3 Å². The smallest absolute Gasteiger partial charge is 0.246 e. The molecule has 1 saturated carbocycles. The number of rotatable bonds is 2. The van der Waals surface area contributed by atoms with Crippen molar-refractivity contribution in [2.45, 2.75) is 38.5 Å². The number of ether oxygens (including phenoxy) is 2. The van der Waals surface area contributed by atoms with Crippen molar-refractivity contribution >= 4 is 12.0 Å². The van der Waals surface area contributed by atoms with E-state index in [1.807, 2.05) is 29.2 Å². The van der Waals surface area contributed by atoms with Crippen LogP contribution in [0.5, 0.6) is 11.5 Å². The van der Waals surface area contributed by atoms with Crippen LogP contribution in [0.3, 0.4) is 0 Å². The number of amides is 1. The zero-order valence-electron chi connectivity index (χ0n) is 14.8. The van der Waals surface area contributed by atoms with E-state index in [0.717, 1.165) is 48.4 Å². The molecule has 0 bridgehead atoms. The van der Waals surface area contributed by atoms with Crippen molar-refractivity contribution in [2.24, 2.45) is 11.8 Å². The van der Waals surface area contributed by atoms with Crippen LogP contribution in [-0.4, -0.2) is 37.1 Å². The summed E-state index contributed by atoms with van der Waals surface area (Å²) in [6.45, 7) is 3.22. The van der Waals surface area contributed by atoms with E-state index < -0.39 is 0 Å². The van der Waals surface area contributed by atoms with Gasteiger partial charge in [0, 0.05) is 25.6 Å². The zero-order chi connectivity index (χ0) is 17.1. The van der Waals surface area contributed by atoms with Gasteiger partial charge in [0.1, 0.15) is 0 Å². The largest absolute Gasteiger partial charge is 0.490 e. The van der Waals surface area contributed by atoms with Gasteiger partial charge in [-0.3, -0.25) is 4.79 Å². The normalized spacial score (nSPS) is 26.2. The first-order chi connectivity index (χ1) is 12.3. The molecule has 0 spiro atoms. The maximum Gasteiger partial charge on any atom is 0.246 e. The fourth-order valence-corrected chi connectivity index (χ4v) is 4.36. The molecule has 2 aliphatic heterocycles. The minimum Gasteiger partial charge on any atom is -0.490 e. The molecular weight excluding hydrogens is 314 g/mol. The van der Waals surface area contributed by atoms with Gasteiger partial charge < -0.3 is 14.4 Å². The molecule has 2 atom stereocenters. The summed E-state index contributed by atoms with van der Waals surface area (Å²) in [6.07, 6.45) is 11.0. The van der Waals surface area contributed by atoms with Gasteiger partial charge in [-0.05, 0) is 48.4 Å². The first-order valence-electron chi connectivity index (χ1n) is 9.66. The molecule has 2 heterocycles. The standard InChI is InChI=1S/C21H27NO3/c23-21(22-11-10-17-4-1-2-5-18(17)15-22)9-7-16-6-8-19-20(14-16)25-13-3-12-24-19/h6-9,14,17-18H,1-5,10-13,15H2/b9-7+. The Morgan fingerprint density at radius 3 is 2.68 bits per heavy atom. The number of likely N-dealkylation sites (tertiary alicyclic amines) is 1. The van der Waals surface area contributed by atoms with Gasteiger partial charge in [-0.1, -0.05) is 25.3 Å². The molecular formula is C21H27NO3. The first kappa shape index (κ1) is 16.5. The lowest BCUT2D eigenvalue weighted by molar-refractivity contribution is -0.128. The van der Waals surface area contributed by atoms with Gasteiger partial charge in [0.15, 0.2) is 11.5 Å². The molecule has 3 aliphatic rings. The molecule has 25 heavy (non-hydrogen) atoms. The lowest BCUT2D eigenvalue weighted by Gasteiger charge is -2.41.